The van der Waals surface area contributed by atoms with Crippen LogP contribution in [0.1, 0.15) is 52.9 Å². The summed E-state index contributed by atoms with van der Waals surface area (Å²) in [5.41, 5.74) is 0. The minimum atomic E-state index is 0.102. The van der Waals surface area contributed by atoms with Crippen LogP contribution in [0.15, 0.2) is 0 Å². The molecule has 2 fully saturated rings. The summed E-state index contributed by atoms with van der Waals surface area (Å²) in [6.45, 7) is 8.77. The van der Waals surface area contributed by atoms with Gasteiger partial charge in [0.05, 0.1) is 13.2 Å². The van der Waals surface area contributed by atoms with Crippen molar-refractivity contribution in [1.82, 2.24) is 0 Å². The summed E-state index contributed by atoms with van der Waals surface area (Å²) < 4.78 is 11.0. The summed E-state index contributed by atoms with van der Waals surface area (Å²) in [5.74, 6) is 3.61. The third-order valence-electron chi connectivity index (χ3n) is 4.79. The highest BCUT2D eigenvalue weighted by molar-refractivity contribution is 4.79. The predicted octanol–water partition coefficient (Wildman–Crippen LogP) is 3.85. The lowest BCUT2D eigenvalue weighted by Gasteiger charge is -2.36. The molecule has 3 unspecified atom stereocenters. The van der Waals surface area contributed by atoms with Crippen LogP contribution in [0, 0.1) is 23.7 Å². The third-order valence-corrected chi connectivity index (χ3v) is 4.79. The van der Waals surface area contributed by atoms with Crippen LogP contribution in [0.25, 0.3) is 0 Å². The Hall–Kier alpha value is -0.0800. The highest BCUT2D eigenvalue weighted by Crippen LogP contribution is 2.39. The monoisotopic (exact) mass is 240 g/mol. The van der Waals surface area contributed by atoms with Crippen LogP contribution in [0.4, 0.5) is 0 Å². The number of hydrogen-bond donors (Lipinski definition) is 0. The second-order valence-corrected chi connectivity index (χ2v) is 6.30. The van der Waals surface area contributed by atoms with Gasteiger partial charge in [0.25, 0.3) is 0 Å². The Bertz CT molecular complexity index is 221. The highest BCUT2D eigenvalue weighted by Gasteiger charge is 2.29. The minimum absolute atomic E-state index is 0.102. The Morgan fingerprint density at radius 3 is 2.35 bits per heavy atom. The first-order chi connectivity index (χ1) is 8.16. The molecule has 0 spiro atoms. The molecule has 17 heavy (non-hydrogen) atoms. The molecule has 100 valence electrons. The van der Waals surface area contributed by atoms with E-state index in [1.807, 2.05) is 0 Å². The Labute approximate surface area is 106 Å². The Morgan fingerprint density at radius 1 is 1.06 bits per heavy atom. The summed E-state index contributed by atoms with van der Waals surface area (Å²) in [6.07, 6.45) is 6.76. The van der Waals surface area contributed by atoms with Gasteiger partial charge in [-0.25, -0.2) is 0 Å². The molecule has 0 aromatic heterocycles. The SMILES string of the molecule is CC(C)C1CCC(CCC2OCCO2)C(C)C1. The molecule has 1 aliphatic heterocycles. The van der Waals surface area contributed by atoms with Crippen LogP contribution in [-0.4, -0.2) is 19.5 Å². The average molecular weight is 240 g/mol. The van der Waals surface area contributed by atoms with Gasteiger partial charge in [-0.2, -0.15) is 0 Å². The first kappa shape index (κ1) is 13.4. The molecule has 1 heterocycles. The molecule has 1 saturated carbocycles. The van der Waals surface area contributed by atoms with E-state index in [4.69, 9.17) is 9.47 Å². The maximum Gasteiger partial charge on any atom is 0.157 e. The van der Waals surface area contributed by atoms with E-state index in [0.717, 1.165) is 43.3 Å². The van der Waals surface area contributed by atoms with Gasteiger partial charge in [0.15, 0.2) is 6.29 Å². The van der Waals surface area contributed by atoms with Crippen molar-refractivity contribution in [2.24, 2.45) is 23.7 Å². The fraction of sp³-hybridized carbons (Fsp3) is 1.00. The second kappa shape index (κ2) is 6.19. The summed E-state index contributed by atoms with van der Waals surface area (Å²) in [4.78, 5) is 0. The van der Waals surface area contributed by atoms with E-state index in [1.54, 1.807) is 0 Å². The van der Waals surface area contributed by atoms with E-state index in [1.165, 1.54) is 25.7 Å². The van der Waals surface area contributed by atoms with Crippen molar-refractivity contribution in [3.8, 4) is 0 Å². The Morgan fingerprint density at radius 2 is 1.76 bits per heavy atom. The van der Waals surface area contributed by atoms with Crippen molar-refractivity contribution < 1.29 is 9.47 Å². The lowest BCUT2D eigenvalue weighted by atomic mass is 9.70. The maximum absolute atomic E-state index is 5.52. The molecular formula is C15H28O2. The van der Waals surface area contributed by atoms with Crippen molar-refractivity contribution in [1.29, 1.82) is 0 Å². The van der Waals surface area contributed by atoms with E-state index >= 15 is 0 Å². The molecule has 1 aliphatic carbocycles. The smallest absolute Gasteiger partial charge is 0.157 e. The van der Waals surface area contributed by atoms with Crippen LogP contribution >= 0.6 is 0 Å². The third kappa shape index (κ3) is 3.69. The van der Waals surface area contributed by atoms with Gasteiger partial charge < -0.3 is 9.47 Å². The maximum atomic E-state index is 5.52. The predicted molar refractivity (Wildman–Crippen MR) is 69.8 cm³/mol. The largest absolute Gasteiger partial charge is 0.350 e. The number of rotatable bonds is 4. The summed E-state index contributed by atoms with van der Waals surface area (Å²) in [7, 11) is 0. The average Bonchev–Trinajstić information content (AvgIpc) is 2.80. The molecule has 0 aromatic carbocycles. The molecule has 0 amide bonds. The highest BCUT2D eigenvalue weighted by atomic mass is 16.7. The van der Waals surface area contributed by atoms with E-state index < -0.39 is 0 Å². The van der Waals surface area contributed by atoms with Gasteiger partial charge in [0, 0.05) is 0 Å². The van der Waals surface area contributed by atoms with Crippen LogP contribution < -0.4 is 0 Å². The van der Waals surface area contributed by atoms with Gasteiger partial charge in [-0.1, -0.05) is 20.8 Å². The molecule has 1 saturated heterocycles. The molecule has 2 nitrogen and oxygen atoms in total. The summed E-state index contributed by atoms with van der Waals surface area (Å²) in [5, 5.41) is 0. The fourth-order valence-corrected chi connectivity index (χ4v) is 3.46. The topological polar surface area (TPSA) is 18.5 Å². The lowest BCUT2D eigenvalue weighted by Crippen LogP contribution is -2.26. The molecule has 2 aliphatic rings. The van der Waals surface area contributed by atoms with Gasteiger partial charge in [-0.15, -0.1) is 0 Å². The zero-order valence-corrected chi connectivity index (χ0v) is 11.7. The van der Waals surface area contributed by atoms with Crippen LogP contribution in [0.5, 0.6) is 0 Å². The molecular weight excluding hydrogens is 212 g/mol. The number of ether oxygens (including phenoxy) is 2. The number of hydrogen-bond acceptors (Lipinski definition) is 2. The van der Waals surface area contributed by atoms with Gasteiger partial charge in [0.1, 0.15) is 0 Å². The van der Waals surface area contributed by atoms with E-state index in [2.05, 4.69) is 20.8 Å². The van der Waals surface area contributed by atoms with Crippen LogP contribution in [0.2, 0.25) is 0 Å². The molecule has 0 bridgehead atoms. The zero-order chi connectivity index (χ0) is 12.3. The molecule has 0 N–H and O–H groups in total. The van der Waals surface area contributed by atoms with Gasteiger partial charge >= 0.3 is 0 Å². The second-order valence-electron chi connectivity index (χ2n) is 6.30. The Balaban J connectivity index is 1.71. The normalized spacial score (nSPS) is 35.6. The lowest BCUT2D eigenvalue weighted by molar-refractivity contribution is -0.0529. The minimum Gasteiger partial charge on any atom is -0.350 e. The van der Waals surface area contributed by atoms with Gasteiger partial charge in [-0.3, -0.25) is 0 Å². The van der Waals surface area contributed by atoms with Gasteiger partial charge in [0.2, 0.25) is 0 Å². The van der Waals surface area contributed by atoms with Crippen molar-refractivity contribution in [2.45, 2.75) is 59.2 Å². The van der Waals surface area contributed by atoms with Crippen molar-refractivity contribution in [3.63, 3.8) is 0 Å². The van der Waals surface area contributed by atoms with Crippen LogP contribution in [0.3, 0.4) is 0 Å². The standard InChI is InChI=1S/C15H28O2/c1-11(2)14-5-4-13(12(3)10-14)6-7-15-16-8-9-17-15/h11-15H,4-10H2,1-3H3. The van der Waals surface area contributed by atoms with Crippen molar-refractivity contribution in [2.75, 3.05) is 13.2 Å². The van der Waals surface area contributed by atoms with Crippen LogP contribution in [-0.2, 0) is 9.47 Å². The first-order valence-electron chi connectivity index (χ1n) is 7.40. The van der Waals surface area contributed by atoms with E-state index in [0.29, 0.717) is 0 Å². The fourth-order valence-electron chi connectivity index (χ4n) is 3.46. The molecule has 3 atom stereocenters. The van der Waals surface area contributed by atoms with E-state index in [9.17, 15) is 0 Å². The molecule has 0 radical (unpaired) electrons. The van der Waals surface area contributed by atoms with Crippen molar-refractivity contribution in [3.05, 3.63) is 0 Å². The summed E-state index contributed by atoms with van der Waals surface area (Å²) >= 11 is 0. The molecule has 0 aromatic rings. The molecule has 2 heteroatoms. The quantitative estimate of drug-likeness (QED) is 0.743. The first-order valence-corrected chi connectivity index (χ1v) is 7.40. The van der Waals surface area contributed by atoms with Gasteiger partial charge in [-0.05, 0) is 55.8 Å². The van der Waals surface area contributed by atoms with Crippen molar-refractivity contribution >= 4 is 0 Å². The summed E-state index contributed by atoms with van der Waals surface area (Å²) in [6, 6.07) is 0. The zero-order valence-electron chi connectivity index (χ0n) is 11.7. The van der Waals surface area contributed by atoms with E-state index in [-0.39, 0.29) is 6.29 Å². The molecule has 2 rings (SSSR count). The Kier molecular flexibility index (Phi) is 4.87.